The van der Waals surface area contributed by atoms with Crippen LogP contribution in [-0.4, -0.2) is 25.6 Å². The van der Waals surface area contributed by atoms with Crippen LogP contribution in [0.1, 0.15) is 39.3 Å². The summed E-state index contributed by atoms with van der Waals surface area (Å²) < 4.78 is 1.75. The van der Waals surface area contributed by atoms with Crippen LogP contribution in [-0.2, 0) is 13.2 Å². The second kappa shape index (κ2) is 5.15. The molecule has 1 aliphatic carbocycles. The van der Waals surface area contributed by atoms with Crippen molar-refractivity contribution < 1.29 is 5.11 Å². The van der Waals surface area contributed by atoms with E-state index in [0.717, 1.165) is 12.8 Å². The maximum atomic E-state index is 8.96. The lowest BCUT2D eigenvalue weighted by molar-refractivity contribution is 0.190. The first-order valence-electron chi connectivity index (χ1n) is 6.16. The Morgan fingerprint density at radius 1 is 1.50 bits per heavy atom. The lowest BCUT2D eigenvalue weighted by Gasteiger charge is -2.34. The molecule has 1 saturated carbocycles. The van der Waals surface area contributed by atoms with Crippen LogP contribution >= 0.6 is 12.4 Å². The molecule has 1 aliphatic rings. The van der Waals surface area contributed by atoms with Gasteiger partial charge in [0.2, 0.25) is 0 Å². The molecule has 2 rings (SSSR count). The standard InChI is InChI=1S/C12H22N4O.ClH/c1-9-11(2,3)4-5-12(9,13)8-16-6-10(7-17)14-15-16;/h6,9,17H,4-5,7-8,13H2,1-3H3;1H. The first kappa shape index (κ1) is 15.4. The minimum Gasteiger partial charge on any atom is -0.390 e. The third-order valence-electron chi connectivity index (χ3n) is 4.47. The van der Waals surface area contributed by atoms with E-state index in [1.807, 2.05) is 0 Å². The Morgan fingerprint density at radius 3 is 2.61 bits per heavy atom. The largest absolute Gasteiger partial charge is 0.390 e. The lowest BCUT2D eigenvalue weighted by Crippen LogP contribution is -2.48. The van der Waals surface area contributed by atoms with Gasteiger partial charge >= 0.3 is 0 Å². The molecule has 2 unspecified atom stereocenters. The van der Waals surface area contributed by atoms with Gasteiger partial charge in [0.25, 0.3) is 0 Å². The number of halogens is 1. The van der Waals surface area contributed by atoms with Crippen LogP contribution in [0.4, 0.5) is 0 Å². The molecule has 1 aromatic heterocycles. The average Bonchev–Trinajstić information content (AvgIpc) is 2.79. The number of aromatic nitrogens is 3. The van der Waals surface area contributed by atoms with Crippen molar-refractivity contribution in [3.8, 4) is 0 Å². The fourth-order valence-electron chi connectivity index (χ4n) is 2.77. The Morgan fingerprint density at radius 2 is 2.17 bits per heavy atom. The molecular weight excluding hydrogens is 252 g/mol. The number of nitrogens with zero attached hydrogens (tertiary/aromatic N) is 3. The van der Waals surface area contributed by atoms with Crippen molar-refractivity contribution in [2.75, 3.05) is 0 Å². The van der Waals surface area contributed by atoms with Gasteiger partial charge in [-0.25, -0.2) is 0 Å². The summed E-state index contributed by atoms with van der Waals surface area (Å²) in [6.45, 7) is 7.36. The molecule has 104 valence electrons. The molecule has 1 fully saturated rings. The predicted molar refractivity (Wildman–Crippen MR) is 72.3 cm³/mol. The highest BCUT2D eigenvalue weighted by Gasteiger charge is 2.47. The SMILES string of the molecule is CC1C(C)(C)CCC1(N)Cn1cc(CO)nn1.Cl. The summed E-state index contributed by atoms with van der Waals surface area (Å²) >= 11 is 0. The van der Waals surface area contributed by atoms with Gasteiger partial charge in [0.15, 0.2) is 0 Å². The Kier molecular flexibility index (Phi) is 4.41. The second-order valence-electron chi connectivity index (χ2n) is 6.01. The number of aliphatic hydroxyl groups is 1. The van der Waals surface area contributed by atoms with Crippen LogP contribution in [0.5, 0.6) is 0 Å². The smallest absolute Gasteiger partial charge is 0.108 e. The molecule has 0 aromatic carbocycles. The van der Waals surface area contributed by atoms with E-state index in [2.05, 4.69) is 31.1 Å². The minimum atomic E-state index is -0.218. The molecule has 0 bridgehead atoms. The van der Waals surface area contributed by atoms with Gasteiger partial charge in [-0.3, -0.25) is 4.68 Å². The quantitative estimate of drug-likeness (QED) is 0.872. The maximum Gasteiger partial charge on any atom is 0.108 e. The zero-order valence-electron chi connectivity index (χ0n) is 11.3. The summed E-state index contributed by atoms with van der Waals surface area (Å²) in [5.74, 6) is 0.441. The fraction of sp³-hybridized carbons (Fsp3) is 0.833. The summed E-state index contributed by atoms with van der Waals surface area (Å²) in [5.41, 5.74) is 7.17. The Labute approximate surface area is 114 Å². The van der Waals surface area contributed by atoms with Crippen LogP contribution in [0.3, 0.4) is 0 Å². The highest BCUT2D eigenvalue weighted by Crippen LogP contribution is 2.47. The first-order valence-corrected chi connectivity index (χ1v) is 6.16. The third-order valence-corrected chi connectivity index (χ3v) is 4.47. The Balaban J connectivity index is 0.00000162. The van der Waals surface area contributed by atoms with Crippen molar-refractivity contribution in [2.45, 2.75) is 52.3 Å². The van der Waals surface area contributed by atoms with Gasteiger partial charge in [-0.15, -0.1) is 17.5 Å². The summed E-state index contributed by atoms with van der Waals surface area (Å²) in [6.07, 6.45) is 3.92. The van der Waals surface area contributed by atoms with Crippen LogP contribution in [0.25, 0.3) is 0 Å². The summed E-state index contributed by atoms with van der Waals surface area (Å²) in [7, 11) is 0. The van der Waals surface area contributed by atoms with E-state index in [4.69, 9.17) is 10.8 Å². The normalized spacial score (nSPS) is 30.2. The summed E-state index contributed by atoms with van der Waals surface area (Å²) in [6, 6.07) is 0. The minimum absolute atomic E-state index is 0. The number of aliphatic hydroxyl groups excluding tert-OH is 1. The van der Waals surface area contributed by atoms with Crippen LogP contribution in [0, 0.1) is 11.3 Å². The molecule has 5 nitrogen and oxygen atoms in total. The Hall–Kier alpha value is -0.650. The zero-order chi connectivity index (χ0) is 12.7. The fourth-order valence-corrected chi connectivity index (χ4v) is 2.77. The molecule has 0 saturated heterocycles. The van der Waals surface area contributed by atoms with Crippen molar-refractivity contribution in [2.24, 2.45) is 17.1 Å². The molecular formula is C12H23ClN4O. The van der Waals surface area contributed by atoms with E-state index in [0.29, 0.717) is 18.2 Å². The van der Waals surface area contributed by atoms with E-state index >= 15 is 0 Å². The highest BCUT2D eigenvalue weighted by molar-refractivity contribution is 5.85. The van der Waals surface area contributed by atoms with E-state index in [1.165, 1.54) is 0 Å². The average molecular weight is 275 g/mol. The van der Waals surface area contributed by atoms with Crippen LogP contribution < -0.4 is 5.73 Å². The lowest BCUT2D eigenvalue weighted by atomic mass is 9.77. The van der Waals surface area contributed by atoms with Crippen LogP contribution in [0.15, 0.2) is 6.20 Å². The maximum absolute atomic E-state index is 8.96. The molecule has 18 heavy (non-hydrogen) atoms. The molecule has 1 heterocycles. The van der Waals surface area contributed by atoms with Gasteiger partial charge in [-0.2, -0.15) is 0 Å². The van der Waals surface area contributed by atoms with Gasteiger partial charge in [-0.1, -0.05) is 26.0 Å². The number of hydrogen-bond donors (Lipinski definition) is 2. The third kappa shape index (κ3) is 2.68. The molecule has 0 spiro atoms. The van der Waals surface area contributed by atoms with Gasteiger partial charge in [0.1, 0.15) is 5.69 Å². The molecule has 2 atom stereocenters. The van der Waals surface area contributed by atoms with Gasteiger partial charge in [0, 0.05) is 5.54 Å². The van der Waals surface area contributed by atoms with E-state index in [9.17, 15) is 0 Å². The van der Waals surface area contributed by atoms with Crippen molar-refractivity contribution in [1.82, 2.24) is 15.0 Å². The number of hydrogen-bond acceptors (Lipinski definition) is 4. The molecule has 1 aromatic rings. The number of rotatable bonds is 3. The Bertz CT molecular complexity index is 407. The van der Waals surface area contributed by atoms with Crippen molar-refractivity contribution in [3.05, 3.63) is 11.9 Å². The van der Waals surface area contributed by atoms with E-state index in [1.54, 1.807) is 10.9 Å². The van der Waals surface area contributed by atoms with Gasteiger partial charge in [0.05, 0.1) is 19.3 Å². The summed E-state index contributed by atoms with van der Waals surface area (Å²) in [5, 5.41) is 16.8. The van der Waals surface area contributed by atoms with Crippen molar-refractivity contribution >= 4 is 12.4 Å². The monoisotopic (exact) mass is 274 g/mol. The van der Waals surface area contributed by atoms with Gasteiger partial charge in [-0.05, 0) is 24.2 Å². The van der Waals surface area contributed by atoms with E-state index < -0.39 is 0 Å². The first-order chi connectivity index (χ1) is 7.87. The second-order valence-corrected chi connectivity index (χ2v) is 6.01. The number of nitrogens with two attached hydrogens (primary N) is 1. The van der Waals surface area contributed by atoms with Crippen LogP contribution in [0.2, 0.25) is 0 Å². The van der Waals surface area contributed by atoms with Crippen molar-refractivity contribution in [1.29, 1.82) is 0 Å². The molecule has 0 radical (unpaired) electrons. The summed E-state index contributed by atoms with van der Waals surface area (Å²) in [4.78, 5) is 0. The van der Waals surface area contributed by atoms with E-state index in [-0.39, 0.29) is 30.0 Å². The highest BCUT2D eigenvalue weighted by atomic mass is 35.5. The van der Waals surface area contributed by atoms with Gasteiger partial charge < -0.3 is 10.8 Å². The molecule has 3 N–H and O–H groups in total. The predicted octanol–water partition coefficient (Wildman–Crippen LogP) is 1.35. The molecule has 0 amide bonds. The topological polar surface area (TPSA) is 77.0 Å². The molecule has 0 aliphatic heterocycles. The van der Waals surface area contributed by atoms with Crippen molar-refractivity contribution in [3.63, 3.8) is 0 Å². The zero-order valence-corrected chi connectivity index (χ0v) is 12.1. The molecule has 6 heteroatoms.